The van der Waals surface area contributed by atoms with Crippen LogP contribution in [0.1, 0.15) is 32.6 Å². The van der Waals surface area contributed by atoms with E-state index in [1.54, 1.807) is 11.8 Å². The average molecular weight is 302 g/mol. The zero-order valence-electron chi connectivity index (χ0n) is 11.7. The molecule has 0 radical (unpaired) electrons. The number of carboxylic acids is 1. The number of hydrogen-bond acceptors (Lipinski definition) is 4. The predicted octanol–water partition coefficient (Wildman–Crippen LogP) is 1.50. The molecule has 2 amide bonds. The van der Waals surface area contributed by atoms with E-state index in [0.29, 0.717) is 12.3 Å². The van der Waals surface area contributed by atoms with E-state index in [2.05, 4.69) is 5.32 Å². The summed E-state index contributed by atoms with van der Waals surface area (Å²) in [7, 11) is 0. The Morgan fingerprint density at radius 1 is 1.50 bits per heavy atom. The maximum absolute atomic E-state index is 12.3. The molecule has 2 aliphatic heterocycles. The first-order chi connectivity index (χ1) is 9.63. The average Bonchev–Trinajstić information content (AvgIpc) is 3.05. The number of nitrogens with one attached hydrogen (secondary N) is 1. The molecule has 2 fully saturated rings. The lowest BCUT2D eigenvalue weighted by molar-refractivity contribution is -0.141. The highest BCUT2D eigenvalue weighted by Crippen LogP contribution is 2.32. The Morgan fingerprint density at radius 2 is 2.30 bits per heavy atom. The minimum absolute atomic E-state index is 0.0365. The summed E-state index contributed by atoms with van der Waals surface area (Å²) in [5.74, 6) is -0.462. The zero-order valence-corrected chi connectivity index (χ0v) is 12.5. The number of amides is 2. The Morgan fingerprint density at radius 3 is 2.90 bits per heavy atom. The molecule has 0 bridgehead atoms. The fraction of sp³-hybridized carbons (Fsp3) is 0.846. The van der Waals surface area contributed by atoms with E-state index in [1.165, 1.54) is 4.90 Å². The number of aliphatic carboxylic acids is 1. The molecule has 2 N–H and O–H groups in total. The van der Waals surface area contributed by atoms with Gasteiger partial charge in [0.25, 0.3) is 0 Å². The Labute approximate surface area is 123 Å². The van der Waals surface area contributed by atoms with E-state index in [4.69, 9.17) is 4.74 Å². The smallest absolute Gasteiger partial charge is 0.327 e. The molecule has 2 aliphatic rings. The molecular weight excluding hydrogens is 280 g/mol. The molecule has 3 unspecified atom stereocenters. The SMILES string of the molecule is CCCC1SCC(C(=O)O)N1C(=O)NCC1CCCO1. The number of urea groups is 1. The van der Waals surface area contributed by atoms with Crippen LogP contribution >= 0.6 is 11.8 Å². The van der Waals surface area contributed by atoms with Crippen molar-refractivity contribution in [1.29, 1.82) is 0 Å². The molecule has 0 aliphatic carbocycles. The van der Waals surface area contributed by atoms with Crippen LogP contribution in [0.25, 0.3) is 0 Å². The Bertz CT molecular complexity index is 360. The minimum atomic E-state index is -0.927. The maximum Gasteiger partial charge on any atom is 0.327 e. The molecule has 2 saturated heterocycles. The third-order valence-corrected chi connectivity index (χ3v) is 5.01. The van der Waals surface area contributed by atoms with Gasteiger partial charge in [0, 0.05) is 18.9 Å². The van der Waals surface area contributed by atoms with Crippen molar-refractivity contribution in [3.05, 3.63) is 0 Å². The van der Waals surface area contributed by atoms with Gasteiger partial charge in [-0.2, -0.15) is 0 Å². The van der Waals surface area contributed by atoms with Crippen LogP contribution in [0.3, 0.4) is 0 Å². The highest BCUT2D eigenvalue weighted by atomic mass is 32.2. The second-order valence-electron chi connectivity index (χ2n) is 5.16. The lowest BCUT2D eigenvalue weighted by atomic mass is 10.2. The van der Waals surface area contributed by atoms with E-state index in [0.717, 1.165) is 32.3 Å². The van der Waals surface area contributed by atoms with Gasteiger partial charge in [-0.05, 0) is 19.3 Å². The number of hydrogen-bond donors (Lipinski definition) is 2. The summed E-state index contributed by atoms with van der Waals surface area (Å²) in [5.41, 5.74) is 0. The number of thioether (sulfide) groups is 1. The van der Waals surface area contributed by atoms with Gasteiger partial charge in [-0.1, -0.05) is 13.3 Å². The van der Waals surface area contributed by atoms with E-state index in [1.807, 2.05) is 6.92 Å². The van der Waals surface area contributed by atoms with Gasteiger partial charge in [0.15, 0.2) is 0 Å². The van der Waals surface area contributed by atoms with Crippen LogP contribution < -0.4 is 5.32 Å². The van der Waals surface area contributed by atoms with Crippen molar-refractivity contribution in [2.24, 2.45) is 0 Å². The summed E-state index contributed by atoms with van der Waals surface area (Å²) in [6.45, 7) is 3.25. The molecule has 6 nitrogen and oxygen atoms in total. The summed E-state index contributed by atoms with van der Waals surface area (Å²) in [4.78, 5) is 25.0. The standard InChI is InChI=1S/C13H22N2O4S/c1-2-4-11-15(10(8-20-11)12(16)17)13(18)14-7-9-5-3-6-19-9/h9-11H,2-8H2,1H3,(H,14,18)(H,16,17). The van der Waals surface area contributed by atoms with E-state index >= 15 is 0 Å². The molecular formula is C13H22N2O4S. The van der Waals surface area contributed by atoms with Crippen molar-refractivity contribution >= 4 is 23.8 Å². The highest BCUT2D eigenvalue weighted by Gasteiger charge is 2.41. The van der Waals surface area contributed by atoms with E-state index < -0.39 is 12.0 Å². The molecule has 20 heavy (non-hydrogen) atoms. The van der Waals surface area contributed by atoms with E-state index in [-0.39, 0.29) is 17.5 Å². The zero-order chi connectivity index (χ0) is 14.5. The highest BCUT2D eigenvalue weighted by molar-refractivity contribution is 8.00. The molecule has 2 rings (SSSR count). The Balaban J connectivity index is 1.93. The summed E-state index contributed by atoms with van der Waals surface area (Å²) < 4.78 is 5.46. The third kappa shape index (κ3) is 3.58. The molecule has 114 valence electrons. The number of nitrogens with zero attached hydrogens (tertiary/aromatic N) is 1. The number of carbonyl (C=O) groups excluding carboxylic acids is 1. The summed E-state index contributed by atoms with van der Waals surface area (Å²) in [6, 6.07) is -1.00. The number of carboxylic acid groups (broad SMARTS) is 1. The monoisotopic (exact) mass is 302 g/mol. The van der Waals surface area contributed by atoms with Gasteiger partial charge in [0.1, 0.15) is 6.04 Å². The van der Waals surface area contributed by atoms with Gasteiger partial charge in [0.2, 0.25) is 0 Å². The van der Waals surface area contributed by atoms with Gasteiger partial charge < -0.3 is 15.2 Å². The lowest BCUT2D eigenvalue weighted by Crippen LogP contribution is -2.51. The molecule has 7 heteroatoms. The fourth-order valence-electron chi connectivity index (χ4n) is 2.59. The predicted molar refractivity (Wildman–Crippen MR) is 76.8 cm³/mol. The Kier molecular flexibility index (Phi) is 5.54. The van der Waals surface area contributed by atoms with Crippen molar-refractivity contribution < 1.29 is 19.4 Å². The van der Waals surface area contributed by atoms with Gasteiger partial charge in [0.05, 0.1) is 11.5 Å². The van der Waals surface area contributed by atoms with Crippen molar-refractivity contribution in [3.63, 3.8) is 0 Å². The van der Waals surface area contributed by atoms with Crippen LogP contribution in [-0.4, -0.2) is 58.4 Å². The molecule has 2 heterocycles. The van der Waals surface area contributed by atoms with Crippen LogP contribution in [0.5, 0.6) is 0 Å². The molecule has 0 aromatic heterocycles. The van der Waals surface area contributed by atoms with Crippen molar-refractivity contribution in [2.75, 3.05) is 18.9 Å². The quantitative estimate of drug-likeness (QED) is 0.804. The number of ether oxygens (including phenoxy) is 1. The molecule has 0 aromatic carbocycles. The van der Waals surface area contributed by atoms with Crippen LogP contribution in [0.4, 0.5) is 4.79 Å². The van der Waals surface area contributed by atoms with Crippen LogP contribution in [0.2, 0.25) is 0 Å². The van der Waals surface area contributed by atoms with Crippen molar-refractivity contribution in [2.45, 2.75) is 50.1 Å². The summed E-state index contributed by atoms with van der Waals surface area (Å²) >= 11 is 1.55. The van der Waals surface area contributed by atoms with Crippen LogP contribution in [-0.2, 0) is 9.53 Å². The van der Waals surface area contributed by atoms with Gasteiger partial charge in [-0.25, -0.2) is 9.59 Å². The normalized spacial score (nSPS) is 29.6. The van der Waals surface area contributed by atoms with Crippen molar-refractivity contribution in [1.82, 2.24) is 10.2 Å². The topological polar surface area (TPSA) is 78.9 Å². The second-order valence-corrected chi connectivity index (χ2v) is 6.37. The first kappa shape index (κ1) is 15.4. The second kappa shape index (κ2) is 7.17. The molecule has 3 atom stereocenters. The van der Waals surface area contributed by atoms with Crippen LogP contribution in [0, 0.1) is 0 Å². The number of rotatable bonds is 5. The van der Waals surface area contributed by atoms with Gasteiger partial charge >= 0.3 is 12.0 Å². The largest absolute Gasteiger partial charge is 0.480 e. The molecule has 0 saturated carbocycles. The van der Waals surface area contributed by atoms with Crippen molar-refractivity contribution in [3.8, 4) is 0 Å². The van der Waals surface area contributed by atoms with Crippen LogP contribution in [0.15, 0.2) is 0 Å². The van der Waals surface area contributed by atoms with Gasteiger partial charge in [-0.3, -0.25) is 4.90 Å². The molecule has 0 spiro atoms. The maximum atomic E-state index is 12.3. The van der Waals surface area contributed by atoms with Gasteiger partial charge in [-0.15, -0.1) is 11.8 Å². The summed E-state index contributed by atoms with van der Waals surface area (Å²) in [5, 5.41) is 12.0. The summed E-state index contributed by atoms with van der Waals surface area (Å²) in [6.07, 6.45) is 3.80. The lowest BCUT2D eigenvalue weighted by Gasteiger charge is -2.27. The van der Waals surface area contributed by atoms with E-state index in [9.17, 15) is 14.7 Å². The first-order valence-corrected chi connectivity index (χ1v) is 8.20. The fourth-order valence-corrected chi connectivity index (χ4v) is 4.11. The Hall–Kier alpha value is -0.950. The molecule has 0 aromatic rings. The first-order valence-electron chi connectivity index (χ1n) is 7.15. The minimum Gasteiger partial charge on any atom is -0.480 e. The third-order valence-electron chi connectivity index (χ3n) is 3.65. The number of carbonyl (C=O) groups is 2.